The van der Waals surface area contributed by atoms with Crippen LogP contribution in [0.15, 0.2) is 0 Å². The molecule has 0 spiro atoms. The first-order chi connectivity index (χ1) is 5.31. The van der Waals surface area contributed by atoms with Crippen LogP contribution in [-0.4, -0.2) is 19.1 Å². The molecule has 1 aliphatic rings. The summed E-state index contributed by atoms with van der Waals surface area (Å²) in [5.74, 6) is 0. The molecule has 0 aromatic heterocycles. The zero-order chi connectivity index (χ0) is 8.53. The second kappa shape index (κ2) is 7.98. The van der Waals surface area contributed by atoms with E-state index in [9.17, 15) is 0 Å². The second-order valence-corrected chi connectivity index (χ2v) is 2.98. The molecule has 0 aromatic carbocycles. The first-order valence-electron chi connectivity index (χ1n) is 4.47. The molecule has 11 heavy (non-hydrogen) atoms. The highest BCUT2D eigenvalue weighted by molar-refractivity contribution is 4.66. The molecule has 1 aliphatic carbocycles. The fourth-order valence-corrected chi connectivity index (χ4v) is 1.13. The van der Waals surface area contributed by atoms with Gasteiger partial charge in [-0.3, -0.25) is 0 Å². The Bertz CT molecular complexity index is 67.7. The fourth-order valence-electron chi connectivity index (χ4n) is 1.13. The number of hydrogen-bond donors (Lipinski definition) is 3. The summed E-state index contributed by atoms with van der Waals surface area (Å²) >= 11 is 0. The van der Waals surface area contributed by atoms with Gasteiger partial charge in [0.25, 0.3) is 0 Å². The van der Waals surface area contributed by atoms with Crippen LogP contribution in [0, 0.1) is 0 Å². The predicted octanol–water partition coefficient (Wildman–Crippen LogP) is 0.182. The average molecular weight is 159 g/mol. The van der Waals surface area contributed by atoms with Crippen LogP contribution in [0.2, 0.25) is 0 Å². The molecule has 1 saturated carbocycles. The van der Waals surface area contributed by atoms with Gasteiger partial charge in [0, 0.05) is 19.1 Å². The first kappa shape index (κ1) is 10.9. The summed E-state index contributed by atoms with van der Waals surface area (Å²) in [7, 11) is 0. The van der Waals surface area contributed by atoms with Gasteiger partial charge in [-0.15, -0.1) is 0 Å². The molecule has 3 heteroatoms. The lowest BCUT2D eigenvalue weighted by molar-refractivity contribution is 0.441. The lowest BCUT2D eigenvalue weighted by Crippen LogP contribution is -2.22. The summed E-state index contributed by atoms with van der Waals surface area (Å²) in [6, 6.07) is 0.536. The molecule has 6 N–H and O–H groups in total. The highest BCUT2D eigenvalue weighted by Crippen LogP contribution is 2.14. The van der Waals surface area contributed by atoms with Crippen molar-refractivity contribution in [2.75, 3.05) is 13.1 Å². The standard InChI is InChI=1S/C6H13N.C2H8N2/c7-6-4-2-1-3-5-6;3-1-2-4/h6H,1-5,7H2;1-4H2. The summed E-state index contributed by atoms with van der Waals surface area (Å²) < 4.78 is 0. The molecule has 0 atom stereocenters. The minimum atomic E-state index is 0.536. The maximum atomic E-state index is 5.63. The van der Waals surface area contributed by atoms with Crippen molar-refractivity contribution in [3.8, 4) is 0 Å². The fraction of sp³-hybridized carbons (Fsp3) is 1.00. The van der Waals surface area contributed by atoms with E-state index < -0.39 is 0 Å². The van der Waals surface area contributed by atoms with Gasteiger partial charge in [-0.05, 0) is 12.8 Å². The molecule has 1 rings (SSSR count). The molecule has 3 nitrogen and oxygen atoms in total. The normalized spacial score (nSPS) is 18.8. The van der Waals surface area contributed by atoms with Gasteiger partial charge in [0.05, 0.1) is 0 Å². The molecule has 0 aliphatic heterocycles. The van der Waals surface area contributed by atoms with Crippen LogP contribution in [0.5, 0.6) is 0 Å². The Labute approximate surface area is 69.3 Å². The van der Waals surface area contributed by atoms with Gasteiger partial charge in [0.2, 0.25) is 0 Å². The van der Waals surface area contributed by atoms with Gasteiger partial charge in [-0.2, -0.15) is 0 Å². The quantitative estimate of drug-likeness (QED) is 0.511. The van der Waals surface area contributed by atoms with E-state index in [1.807, 2.05) is 0 Å². The van der Waals surface area contributed by atoms with Crippen LogP contribution in [-0.2, 0) is 0 Å². The molecular weight excluding hydrogens is 138 g/mol. The van der Waals surface area contributed by atoms with Crippen molar-refractivity contribution in [1.29, 1.82) is 0 Å². The molecule has 0 bridgehead atoms. The number of hydrogen-bond acceptors (Lipinski definition) is 3. The van der Waals surface area contributed by atoms with E-state index in [2.05, 4.69) is 0 Å². The van der Waals surface area contributed by atoms with Gasteiger partial charge in [0.15, 0.2) is 0 Å². The Hall–Kier alpha value is -0.120. The maximum Gasteiger partial charge on any atom is 0.00461 e. The van der Waals surface area contributed by atoms with Crippen LogP contribution in [0.3, 0.4) is 0 Å². The van der Waals surface area contributed by atoms with Crippen molar-refractivity contribution in [2.45, 2.75) is 38.1 Å². The Morgan fingerprint density at radius 2 is 1.36 bits per heavy atom. The van der Waals surface area contributed by atoms with Gasteiger partial charge in [0.1, 0.15) is 0 Å². The molecule has 1 fully saturated rings. The monoisotopic (exact) mass is 159 g/mol. The topological polar surface area (TPSA) is 78.1 Å². The molecule has 0 heterocycles. The summed E-state index contributed by atoms with van der Waals surface area (Å²) in [4.78, 5) is 0. The minimum absolute atomic E-state index is 0.536. The lowest BCUT2D eigenvalue weighted by Gasteiger charge is -2.15. The van der Waals surface area contributed by atoms with Crippen LogP contribution in [0.1, 0.15) is 32.1 Å². The first-order valence-corrected chi connectivity index (χ1v) is 4.47. The molecule has 68 valence electrons. The third-order valence-corrected chi connectivity index (χ3v) is 1.82. The maximum absolute atomic E-state index is 5.63. The third kappa shape index (κ3) is 7.78. The van der Waals surface area contributed by atoms with E-state index in [1.54, 1.807) is 0 Å². The lowest BCUT2D eigenvalue weighted by atomic mass is 9.97. The largest absolute Gasteiger partial charge is 0.329 e. The predicted molar refractivity (Wildman–Crippen MR) is 49.2 cm³/mol. The summed E-state index contributed by atoms with van der Waals surface area (Å²) in [6.45, 7) is 1.19. The van der Waals surface area contributed by atoms with Crippen molar-refractivity contribution < 1.29 is 0 Å². The van der Waals surface area contributed by atoms with Crippen molar-refractivity contribution in [3.05, 3.63) is 0 Å². The third-order valence-electron chi connectivity index (χ3n) is 1.82. The number of nitrogens with two attached hydrogens (primary N) is 3. The zero-order valence-electron chi connectivity index (χ0n) is 7.26. The molecule has 0 saturated heterocycles. The molecular formula is C8H21N3. The van der Waals surface area contributed by atoms with Crippen LogP contribution in [0.4, 0.5) is 0 Å². The van der Waals surface area contributed by atoms with E-state index in [-0.39, 0.29) is 0 Å². The van der Waals surface area contributed by atoms with Crippen LogP contribution < -0.4 is 17.2 Å². The highest BCUT2D eigenvalue weighted by Gasteiger charge is 2.06. The summed E-state index contributed by atoms with van der Waals surface area (Å²) in [5, 5.41) is 0. The molecule has 0 amide bonds. The van der Waals surface area contributed by atoms with Crippen molar-refractivity contribution >= 4 is 0 Å². The Morgan fingerprint density at radius 1 is 0.909 bits per heavy atom. The summed E-state index contributed by atoms with van der Waals surface area (Å²) in [5.41, 5.74) is 15.4. The van der Waals surface area contributed by atoms with E-state index in [4.69, 9.17) is 17.2 Å². The van der Waals surface area contributed by atoms with Gasteiger partial charge in [-0.1, -0.05) is 19.3 Å². The van der Waals surface area contributed by atoms with E-state index in [0.717, 1.165) is 0 Å². The van der Waals surface area contributed by atoms with Gasteiger partial charge < -0.3 is 17.2 Å². The molecule has 0 radical (unpaired) electrons. The smallest absolute Gasteiger partial charge is 0.00461 e. The van der Waals surface area contributed by atoms with Crippen LogP contribution in [0.25, 0.3) is 0 Å². The molecule has 0 unspecified atom stereocenters. The minimum Gasteiger partial charge on any atom is -0.329 e. The van der Waals surface area contributed by atoms with Gasteiger partial charge in [-0.25, -0.2) is 0 Å². The van der Waals surface area contributed by atoms with Crippen molar-refractivity contribution in [1.82, 2.24) is 0 Å². The molecule has 0 aromatic rings. The second-order valence-electron chi connectivity index (χ2n) is 2.98. The zero-order valence-corrected chi connectivity index (χ0v) is 7.26. The van der Waals surface area contributed by atoms with Crippen molar-refractivity contribution in [2.24, 2.45) is 17.2 Å². The average Bonchev–Trinajstić information content (AvgIpc) is 2.07. The Kier molecular flexibility index (Phi) is 7.89. The SMILES string of the molecule is NC1CCCCC1.NCCN. The Balaban J connectivity index is 0.000000218. The van der Waals surface area contributed by atoms with Crippen LogP contribution >= 0.6 is 0 Å². The summed E-state index contributed by atoms with van der Waals surface area (Å²) in [6.07, 6.45) is 6.66. The Morgan fingerprint density at radius 3 is 1.55 bits per heavy atom. The van der Waals surface area contributed by atoms with E-state index in [1.165, 1.54) is 32.1 Å². The van der Waals surface area contributed by atoms with Gasteiger partial charge >= 0.3 is 0 Å². The highest BCUT2D eigenvalue weighted by atomic mass is 14.6. The van der Waals surface area contributed by atoms with E-state index in [0.29, 0.717) is 19.1 Å². The van der Waals surface area contributed by atoms with E-state index >= 15 is 0 Å². The van der Waals surface area contributed by atoms with Crippen molar-refractivity contribution in [3.63, 3.8) is 0 Å². The number of rotatable bonds is 1.